The summed E-state index contributed by atoms with van der Waals surface area (Å²) in [4.78, 5) is 18.1. The molecule has 20 heavy (non-hydrogen) atoms. The Morgan fingerprint density at radius 3 is 2.90 bits per heavy atom. The lowest BCUT2D eigenvalue weighted by Gasteiger charge is -1.97. The van der Waals surface area contributed by atoms with Gasteiger partial charge in [-0.1, -0.05) is 0 Å². The van der Waals surface area contributed by atoms with Crippen LogP contribution in [0.1, 0.15) is 0 Å². The van der Waals surface area contributed by atoms with E-state index in [1.807, 2.05) is 0 Å². The third kappa shape index (κ3) is 2.14. The second kappa shape index (κ2) is 4.64. The number of pyridine rings is 1. The molecule has 0 aliphatic carbocycles. The molecule has 0 aliphatic heterocycles. The topological polar surface area (TPSA) is 82.1 Å². The summed E-state index contributed by atoms with van der Waals surface area (Å²) < 4.78 is 19.8. The van der Waals surface area contributed by atoms with Gasteiger partial charge in [0.25, 0.3) is 5.69 Å². The Labute approximate surface area is 119 Å². The van der Waals surface area contributed by atoms with Crippen LogP contribution in [0.5, 0.6) is 0 Å². The molecule has 0 saturated carbocycles. The van der Waals surface area contributed by atoms with Crippen molar-refractivity contribution >= 4 is 32.8 Å². The first-order chi connectivity index (χ1) is 9.54. The zero-order valence-electron chi connectivity index (χ0n) is 9.71. The molecule has 0 fully saturated rings. The fourth-order valence-corrected chi connectivity index (χ4v) is 2.01. The number of nitro benzene ring substituents is 1. The van der Waals surface area contributed by atoms with E-state index >= 15 is 0 Å². The van der Waals surface area contributed by atoms with E-state index in [1.165, 1.54) is 6.20 Å². The van der Waals surface area contributed by atoms with Crippen LogP contribution in [-0.2, 0) is 0 Å². The molecule has 100 valence electrons. The minimum atomic E-state index is -0.652. The van der Waals surface area contributed by atoms with Gasteiger partial charge < -0.3 is 4.42 Å². The van der Waals surface area contributed by atoms with E-state index in [2.05, 4.69) is 25.9 Å². The van der Waals surface area contributed by atoms with Gasteiger partial charge >= 0.3 is 0 Å². The molecule has 2 aromatic heterocycles. The summed E-state index contributed by atoms with van der Waals surface area (Å²) in [5.74, 6) is -0.701. The summed E-state index contributed by atoms with van der Waals surface area (Å²) >= 11 is 3.23. The molecule has 0 radical (unpaired) electrons. The van der Waals surface area contributed by atoms with Crippen LogP contribution in [0.3, 0.4) is 0 Å². The molecule has 8 heteroatoms. The Kier molecular flexibility index (Phi) is 2.94. The van der Waals surface area contributed by atoms with Crippen LogP contribution in [0, 0.1) is 15.9 Å². The highest BCUT2D eigenvalue weighted by atomic mass is 79.9. The van der Waals surface area contributed by atoms with Crippen molar-refractivity contribution < 1.29 is 13.7 Å². The van der Waals surface area contributed by atoms with Gasteiger partial charge in [0.2, 0.25) is 5.89 Å². The van der Waals surface area contributed by atoms with Gasteiger partial charge in [0.05, 0.1) is 10.5 Å². The zero-order chi connectivity index (χ0) is 14.3. The Morgan fingerprint density at radius 1 is 1.35 bits per heavy atom. The summed E-state index contributed by atoms with van der Waals surface area (Å²) in [7, 11) is 0. The number of aromatic nitrogens is 2. The highest BCUT2D eigenvalue weighted by Gasteiger charge is 2.17. The van der Waals surface area contributed by atoms with Gasteiger partial charge in [-0.25, -0.2) is 9.37 Å². The molecule has 0 aliphatic rings. The summed E-state index contributed by atoms with van der Waals surface area (Å²) in [6.45, 7) is 0. The standard InChI is InChI=1S/C12H5BrFN3O3/c13-6-3-10-11(15-5-6)16-12(20-10)8-4-7(17(18)19)1-2-9(8)14/h1-5H. The van der Waals surface area contributed by atoms with E-state index < -0.39 is 10.7 Å². The van der Waals surface area contributed by atoms with Crippen molar-refractivity contribution in [3.63, 3.8) is 0 Å². The number of non-ortho nitro benzene ring substituents is 1. The lowest BCUT2D eigenvalue weighted by atomic mass is 10.2. The predicted molar refractivity (Wildman–Crippen MR) is 71.6 cm³/mol. The molecular formula is C12H5BrFN3O3. The average molecular weight is 338 g/mol. The summed E-state index contributed by atoms with van der Waals surface area (Å²) in [5.41, 5.74) is 0.348. The first-order valence-corrected chi connectivity index (χ1v) is 6.20. The van der Waals surface area contributed by atoms with E-state index in [1.54, 1.807) is 6.07 Å². The van der Waals surface area contributed by atoms with Crippen molar-refractivity contribution in [3.8, 4) is 11.5 Å². The molecule has 0 unspecified atom stereocenters. The zero-order valence-corrected chi connectivity index (χ0v) is 11.3. The van der Waals surface area contributed by atoms with E-state index in [9.17, 15) is 14.5 Å². The number of hydrogen-bond donors (Lipinski definition) is 0. The number of rotatable bonds is 2. The van der Waals surface area contributed by atoms with Crippen molar-refractivity contribution in [3.05, 3.63) is 50.9 Å². The molecule has 0 bridgehead atoms. The molecule has 6 nitrogen and oxygen atoms in total. The quantitative estimate of drug-likeness (QED) is 0.526. The molecule has 0 atom stereocenters. The van der Waals surface area contributed by atoms with Gasteiger partial charge in [0, 0.05) is 28.9 Å². The highest BCUT2D eigenvalue weighted by molar-refractivity contribution is 9.10. The van der Waals surface area contributed by atoms with E-state index in [0.717, 1.165) is 18.2 Å². The van der Waals surface area contributed by atoms with Gasteiger partial charge in [-0.05, 0) is 22.0 Å². The van der Waals surface area contributed by atoms with E-state index in [-0.39, 0.29) is 17.1 Å². The molecule has 0 saturated heterocycles. The monoisotopic (exact) mass is 337 g/mol. The van der Waals surface area contributed by atoms with Crippen LogP contribution in [0.25, 0.3) is 22.7 Å². The number of fused-ring (bicyclic) bond motifs is 1. The second-order valence-corrected chi connectivity index (χ2v) is 4.83. The van der Waals surface area contributed by atoms with Crippen LogP contribution >= 0.6 is 15.9 Å². The van der Waals surface area contributed by atoms with Crippen LogP contribution in [0.2, 0.25) is 0 Å². The van der Waals surface area contributed by atoms with Gasteiger partial charge in [-0.15, -0.1) is 0 Å². The maximum absolute atomic E-state index is 13.8. The van der Waals surface area contributed by atoms with Gasteiger partial charge in [-0.2, -0.15) is 4.98 Å². The van der Waals surface area contributed by atoms with Crippen molar-refractivity contribution in [2.24, 2.45) is 0 Å². The van der Waals surface area contributed by atoms with Crippen LogP contribution in [0.15, 0.2) is 39.4 Å². The fraction of sp³-hybridized carbons (Fsp3) is 0. The average Bonchev–Trinajstić information content (AvgIpc) is 2.81. The van der Waals surface area contributed by atoms with Crippen molar-refractivity contribution in [1.29, 1.82) is 0 Å². The Hall–Kier alpha value is -2.35. The smallest absolute Gasteiger partial charge is 0.270 e. The number of oxazole rings is 1. The van der Waals surface area contributed by atoms with Crippen LogP contribution < -0.4 is 0 Å². The first kappa shape index (κ1) is 12.7. The first-order valence-electron chi connectivity index (χ1n) is 5.41. The van der Waals surface area contributed by atoms with Crippen LogP contribution in [-0.4, -0.2) is 14.9 Å². The molecular weight excluding hydrogens is 333 g/mol. The number of nitrogens with zero attached hydrogens (tertiary/aromatic N) is 3. The van der Waals surface area contributed by atoms with E-state index in [4.69, 9.17) is 4.42 Å². The summed E-state index contributed by atoms with van der Waals surface area (Å²) in [6.07, 6.45) is 1.53. The predicted octanol–water partition coefficient (Wildman–Crippen LogP) is 3.70. The third-order valence-electron chi connectivity index (χ3n) is 2.60. The maximum Gasteiger partial charge on any atom is 0.270 e. The minimum Gasteiger partial charge on any atom is -0.434 e. The number of benzene rings is 1. The highest BCUT2D eigenvalue weighted by Crippen LogP contribution is 2.29. The lowest BCUT2D eigenvalue weighted by Crippen LogP contribution is -1.91. The molecule has 0 spiro atoms. The Morgan fingerprint density at radius 2 is 2.15 bits per heavy atom. The van der Waals surface area contributed by atoms with Crippen molar-refractivity contribution in [2.75, 3.05) is 0 Å². The number of halogens is 2. The van der Waals surface area contributed by atoms with Gasteiger partial charge in [0.1, 0.15) is 5.82 Å². The molecule has 2 heterocycles. The van der Waals surface area contributed by atoms with Crippen molar-refractivity contribution in [1.82, 2.24) is 9.97 Å². The minimum absolute atomic E-state index is 0.0493. The maximum atomic E-state index is 13.8. The number of hydrogen-bond acceptors (Lipinski definition) is 5. The van der Waals surface area contributed by atoms with Gasteiger partial charge in [-0.3, -0.25) is 10.1 Å². The summed E-state index contributed by atoms with van der Waals surface area (Å²) in [5, 5.41) is 10.7. The van der Waals surface area contributed by atoms with E-state index in [0.29, 0.717) is 15.7 Å². The molecule has 0 N–H and O–H groups in total. The fourth-order valence-electron chi connectivity index (χ4n) is 1.70. The van der Waals surface area contributed by atoms with Gasteiger partial charge in [0.15, 0.2) is 11.2 Å². The largest absolute Gasteiger partial charge is 0.434 e. The Bertz CT molecular complexity index is 834. The molecule has 1 aromatic carbocycles. The Balaban J connectivity index is 2.19. The normalized spacial score (nSPS) is 10.9. The molecule has 3 rings (SSSR count). The van der Waals surface area contributed by atoms with Crippen LogP contribution in [0.4, 0.5) is 10.1 Å². The summed E-state index contributed by atoms with van der Waals surface area (Å²) in [6, 6.07) is 4.80. The lowest BCUT2D eigenvalue weighted by molar-refractivity contribution is -0.384. The molecule has 0 amide bonds. The van der Waals surface area contributed by atoms with Crippen molar-refractivity contribution in [2.45, 2.75) is 0 Å². The molecule has 3 aromatic rings. The third-order valence-corrected chi connectivity index (χ3v) is 3.04. The second-order valence-electron chi connectivity index (χ2n) is 3.92. The number of nitro groups is 1. The SMILES string of the molecule is O=[N+]([O-])c1ccc(F)c(-c2nc3ncc(Br)cc3o2)c1.